The van der Waals surface area contributed by atoms with Crippen molar-refractivity contribution in [3.05, 3.63) is 35.9 Å². The van der Waals surface area contributed by atoms with Gasteiger partial charge in [0.25, 0.3) is 0 Å². The first kappa shape index (κ1) is 20.2. The number of carbonyl (C=O) groups excluding carboxylic acids is 1. The molecule has 0 aliphatic carbocycles. The second-order valence-electron chi connectivity index (χ2n) is 5.33. The predicted molar refractivity (Wildman–Crippen MR) is 91.0 cm³/mol. The van der Waals surface area contributed by atoms with Crippen molar-refractivity contribution in [2.24, 2.45) is 5.73 Å². The van der Waals surface area contributed by atoms with Gasteiger partial charge in [-0.25, -0.2) is 0 Å². The zero-order valence-electron chi connectivity index (χ0n) is 12.3. The first-order valence-electron chi connectivity index (χ1n) is 6.97. The zero-order valence-corrected chi connectivity index (χ0v) is 14.0. The van der Waals surface area contributed by atoms with Crippen LogP contribution in [0.2, 0.25) is 0 Å². The summed E-state index contributed by atoms with van der Waals surface area (Å²) in [5.74, 6) is -0.0403. The number of rotatable bonds is 4. The van der Waals surface area contributed by atoms with Gasteiger partial charge in [0, 0.05) is 25.7 Å². The van der Waals surface area contributed by atoms with Crippen LogP contribution in [-0.2, 0) is 11.3 Å². The van der Waals surface area contributed by atoms with Crippen LogP contribution >= 0.6 is 24.8 Å². The highest BCUT2D eigenvalue weighted by Crippen LogP contribution is 2.13. The lowest BCUT2D eigenvalue weighted by molar-refractivity contribution is -0.123. The van der Waals surface area contributed by atoms with Crippen molar-refractivity contribution in [1.29, 1.82) is 0 Å². The Morgan fingerprint density at radius 1 is 1.29 bits per heavy atom. The molecule has 1 atom stereocenters. The third-order valence-electron chi connectivity index (χ3n) is 3.60. The van der Waals surface area contributed by atoms with Crippen LogP contribution in [-0.4, -0.2) is 36.0 Å². The smallest absolute Gasteiger partial charge is 0.236 e. The van der Waals surface area contributed by atoms with Crippen molar-refractivity contribution in [2.75, 3.05) is 13.1 Å². The lowest BCUT2D eigenvalue weighted by atomic mass is 10.0. The Bertz CT molecular complexity index is 407. The summed E-state index contributed by atoms with van der Waals surface area (Å²) in [6, 6.07) is 10.4. The van der Waals surface area contributed by atoms with E-state index < -0.39 is 6.04 Å². The first-order chi connectivity index (χ1) is 9.15. The highest BCUT2D eigenvalue weighted by molar-refractivity contribution is 5.85. The molecule has 0 saturated carbocycles. The van der Waals surface area contributed by atoms with Crippen molar-refractivity contribution in [3.8, 4) is 0 Å². The first-order valence-corrected chi connectivity index (χ1v) is 6.97. The van der Waals surface area contributed by atoms with E-state index in [0.29, 0.717) is 0 Å². The van der Waals surface area contributed by atoms with Gasteiger partial charge in [0.05, 0.1) is 6.04 Å². The molecule has 6 heteroatoms. The van der Waals surface area contributed by atoms with E-state index in [-0.39, 0.29) is 36.8 Å². The summed E-state index contributed by atoms with van der Waals surface area (Å²) >= 11 is 0. The number of carbonyl (C=O) groups is 1. The number of hydrogen-bond acceptors (Lipinski definition) is 3. The summed E-state index contributed by atoms with van der Waals surface area (Å²) in [7, 11) is 0. The largest absolute Gasteiger partial charge is 0.352 e. The molecule has 21 heavy (non-hydrogen) atoms. The number of likely N-dealkylation sites (tertiary alicyclic amines) is 1. The zero-order chi connectivity index (χ0) is 13.7. The maximum Gasteiger partial charge on any atom is 0.236 e. The molecule has 2 rings (SSSR count). The molecule has 1 amide bonds. The highest BCUT2D eigenvalue weighted by Gasteiger charge is 2.21. The molecule has 0 radical (unpaired) electrons. The molecule has 0 unspecified atom stereocenters. The highest BCUT2D eigenvalue weighted by atomic mass is 35.5. The average Bonchev–Trinajstić information content (AvgIpc) is 2.42. The van der Waals surface area contributed by atoms with Crippen LogP contribution < -0.4 is 11.1 Å². The minimum Gasteiger partial charge on any atom is -0.352 e. The Morgan fingerprint density at radius 2 is 1.86 bits per heavy atom. The van der Waals surface area contributed by atoms with Gasteiger partial charge >= 0.3 is 0 Å². The third kappa shape index (κ3) is 6.66. The monoisotopic (exact) mass is 333 g/mol. The normalized spacial score (nSPS) is 17.2. The molecule has 1 aliphatic heterocycles. The van der Waals surface area contributed by atoms with Crippen molar-refractivity contribution in [2.45, 2.75) is 38.4 Å². The van der Waals surface area contributed by atoms with Crippen molar-refractivity contribution in [3.63, 3.8) is 0 Å². The summed E-state index contributed by atoms with van der Waals surface area (Å²) in [5, 5.41) is 3.01. The Labute approximate surface area is 139 Å². The molecule has 0 aromatic heterocycles. The van der Waals surface area contributed by atoms with E-state index in [0.717, 1.165) is 32.5 Å². The Balaban J connectivity index is 0.00000200. The molecule has 1 aromatic rings. The summed E-state index contributed by atoms with van der Waals surface area (Å²) in [6.07, 6.45) is 2.01. The summed E-state index contributed by atoms with van der Waals surface area (Å²) < 4.78 is 0. The molecule has 1 aromatic carbocycles. The molecule has 1 heterocycles. The number of hydrogen-bond donors (Lipinski definition) is 2. The lowest BCUT2D eigenvalue weighted by Crippen LogP contribution is -2.48. The Morgan fingerprint density at radius 3 is 2.38 bits per heavy atom. The number of nitrogens with two attached hydrogens (primary N) is 1. The second kappa shape index (κ2) is 10.0. The van der Waals surface area contributed by atoms with Gasteiger partial charge in [-0.2, -0.15) is 0 Å². The van der Waals surface area contributed by atoms with Gasteiger partial charge in [-0.3, -0.25) is 9.69 Å². The van der Waals surface area contributed by atoms with Gasteiger partial charge in [0.2, 0.25) is 5.91 Å². The van der Waals surface area contributed by atoms with E-state index >= 15 is 0 Å². The van der Waals surface area contributed by atoms with Crippen LogP contribution in [0.1, 0.15) is 25.3 Å². The van der Waals surface area contributed by atoms with Crippen LogP contribution in [0.5, 0.6) is 0 Å². The van der Waals surface area contributed by atoms with E-state index in [9.17, 15) is 4.79 Å². The molecule has 4 nitrogen and oxygen atoms in total. The Hall–Kier alpha value is -0.810. The van der Waals surface area contributed by atoms with E-state index in [2.05, 4.69) is 34.5 Å². The van der Waals surface area contributed by atoms with Crippen molar-refractivity contribution >= 4 is 30.7 Å². The number of halogens is 2. The van der Waals surface area contributed by atoms with Gasteiger partial charge in [0.1, 0.15) is 0 Å². The van der Waals surface area contributed by atoms with Crippen LogP contribution in [0.3, 0.4) is 0 Å². The lowest BCUT2D eigenvalue weighted by Gasteiger charge is -2.32. The van der Waals surface area contributed by atoms with E-state index in [1.165, 1.54) is 5.56 Å². The molecular formula is C15H25Cl2N3O. The van der Waals surface area contributed by atoms with Crippen molar-refractivity contribution < 1.29 is 4.79 Å². The number of benzene rings is 1. The SMILES string of the molecule is C[C@H](N)C(=O)NC1CCN(Cc2ccccc2)CC1.Cl.Cl. The van der Waals surface area contributed by atoms with Crippen LogP contribution in [0.25, 0.3) is 0 Å². The summed E-state index contributed by atoms with van der Waals surface area (Å²) in [6.45, 7) is 4.77. The number of nitrogens with zero attached hydrogens (tertiary/aromatic N) is 1. The van der Waals surface area contributed by atoms with E-state index in [1.807, 2.05) is 6.07 Å². The van der Waals surface area contributed by atoms with E-state index in [4.69, 9.17) is 5.73 Å². The molecule has 0 bridgehead atoms. The summed E-state index contributed by atoms with van der Waals surface area (Å²) in [4.78, 5) is 14.0. The molecule has 1 aliphatic rings. The minimum absolute atomic E-state index is 0. The number of piperidine rings is 1. The molecule has 1 saturated heterocycles. The Kier molecular flexibility index (Phi) is 9.62. The fourth-order valence-electron chi connectivity index (χ4n) is 2.41. The predicted octanol–water partition coefficient (Wildman–Crippen LogP) is 1.96. The van der Waals surface area contributed by atoms with Gasteiger partial charge in [-0.15, -0.1) is 24.8 Å². The fourth-order valence-corrected chi connectivity index (χ4v) is 2.41. The fraction of sp³-hybridized carbons (Fsp3) is 0.533. The quantitative estimate of drug-likeness (QED) is 0.885. The molecule has 1 fully saturated rings. The average molecular weight is 334 g/mol. The van der Waals surface area contributed by atoms with Gasteiger partial charge in [0.15, 0.2) is 0 Å². The molecular weight excluding hydrogens is 309 g/mol. The third-order valence-corrected chi connectivity index (χ3v) is 3.60. The van der Waals surface area contributed by atoms with Gasteiger partial charge < -0.3 is 11.1 Å². The second-order valence-corrected chi connectivity index (χ2v) is 5.33. The maximum absolute atomic E-state index is 11.5. The van der Waals surface area contributed by atoms with E-state index in [1.54, 1.807) is 6.92 Å². The van der Waals surface area contributed by atoms with Crippen LogP contribution in [0.15, 0.2) is 30.3 Å². The number of amides is 1. The van der Waals surface area contributed by atoms with Crippen LogP contribution in [0, 0.1) is 0 Å². The van der Waals surface area contributed by atoms with Crippen LogP contribution in [0.4, 0.5) is 0 Å². The standard InChI is InChI=1S/C15H23N3O.2ClH/c1-12(16)15(19)17-14-7-9-18(10-8-14)11-13-5-3-2-4-6-13;;/h2-6,12,14H,7-11,16H2,1H3,(H,17,19);2*1H/t12-;;/m0../s1. The molecule has 120 valence electrons. The topological polar surface area (TPSA) is 58.4 Å². The number of nitrogens with one attached hydrogen (secondary N) is 1. The van der Waals surface area contributed by atoms with Gasteiger partial charge in [-0.1, -0.05) is 30.3 Å². The maximum atomic E-state index is 11.5. The molecule has 3 N–H and O–H groups in total. The van der Waals surface area contributed by atoms with Gasteiger partial charge in [-0.05, 0) is 25.3 Å². The minimum atomic E-state index is -0.414. The summed E-state index contributed by atoms with van der Waals surface area (Å²) in [5.41, 5.74) is 6.91. The molecule has 0 spiro atoms. The van der Waals surface area contributed by atoms with Crippen molar-refractivity contribution in [1.82, 2.24) is 10.2 Å².